The molecule has 2 fully saturated rings. The molecular weight excluding hydrogens is 442 g/mol. The van der Waals surface area contributed by atoms with Crippen molar-refractivity contribution in [2.75, 3.05) is 62.6 Å². The van der Waals surface area contributed by atoms with Crippen molar-refractivity contribution in [3.63, 3.8) is 0 Å². The topological polar surface area (TPSA) is 94.5 Å². The van der Waals surface area contributed by atoms with Crippen molar-refractivity contribution in [1.29, 1.82) is 0 Å². The molecule has 9 heteroatoms. The van der Waals surface area contributed by atoms with E-state index in [0.717, 1.165) is 64.1 Å². The number of hydrogen-bond donors (Lipinski definition) is 3. The van der Waals surface area contributed by atoms with Crippen LogP contribution in [0.25, 0.3) is 0 Å². The third-order valence-electron chi connectivity index (χ3n) is 6.38. The average molecular weight is 478 g/mol. The van der Waals surface area contributed by atoms with E-state index in [0.29, 0.717) is 30.5 Å². The van der Waals surface area contributed by atoms with Crippen LogP contribution in [0.1, 0.15) is 35.8 Å². The molecule has 4 rings (SSSR count). The predicted octanol–water partition coefficient (Wildman–Crippen LogP) is 1.32. The van der Waals surface area contributed by atoms with Crippen LogP contribution in [0.5, 0.6) is 0 Å². The van der Waals surface area contributed by atoms with Crippen LogP contribution < -0.4 is 20.9 Å². The van der Waals surface area contributed by atoms with Gasteiger partial charge < -0.3 is 25.8 Å². The monoisotopic (exact) mass is 477 g/mol. The number of carbonyl (C=O) groups is 2. The molecule has 2 aliphatic heterocycles. The number of benzene rings is 1. The molecule has 2 aromatic rings. The van der Waals surface area contributed by atoms with Crippen LogP contribution in [0.4, 0.5) is 11.8 Å². The first-order valence-corrected chi connectivity index (χ1v) is 12.5. The molecule has 3 N–H and O–H groups in total. The van der Waals surface area contributed by atoms with Gasteiger partial charge in [-0.05, 0) is 31.7 Å². The van der Waals surface area contributed by atoms with Crippen molar-refractivity contribution in [2.45, 2.75) is 32.7 Å². The zero-order chi connectivity index (χ0) is 24.5. The highest BCUT2D eigenvalue weighted by Crippen LogP contribution is 2.25. The molecule has 0 atom stereocenters. The number of piperazine rings is 1. The van der Waals surface area contributed by atoms with Crippen molar-refractivity contribution in [3.05, 3.63) is 41.6 Å². The summed E-state index contributed by atoms with van der Waals surface area (Å²) in [5.74, 6) is 6.98. The molecule has 186 valence electrons. The number of aromatic nitrogens is 2. The number of rotatable bonds is 9. The lowest BCUT2D eigenvalue weighted by Crippen LogP contribution is -2.44. The van der Waals surface area contributed by atoms with Crippen LogP contribution in [0.3, 0.4) is 0 Å². The Morgan fingerprint density at radius 2 is 1.83 bits per heavy atom. The van der Waals surface area contributed by atoms with Crippen LogP contribution in [0.2, 0.25) is 0 Å². The number of nitrogens with zero attached hydrogens (tertiary/aromatic N) is 4. The number of likely N-dealkylation sites (tertiary alicyclic amines) is 1. The third kappa shape index (κ3) is 6.34. The van der Waals surface area contributed by atoms with E-state index in [9.17, 15) is 9.59 Å². The van der Waals surface area contributed by atoms with Gasteiger partial charge in [-0.15, -0.1) is 5.92 Å². The predicted molar refractivity (Wildman–Crippen MR) is 138 cm³/mol. The SMILES string of the molecule is CC#CCn1c(N2CCNCC2)nc(NCC(=O)N2CCCC2)c1C(=O)NCCc1ccccc1. The highest BCUT2D eigenvalue weighted by molar-refractivity contribution is 5.98. The second-order valence-corrected chi connectivity index (χ2v) is 8.79. The Hall–Kier alpha value is -3.51. The lowest BCUT2D eigenvalue weighted by atomic mass is 10.1. The number of nitrogens with one attached hydrogen (secondary N) is 3. The van der Waals surface area contributed by atoms with Gasteiger partial charge >= 0.3 is 0 Å². The first-order chi connectivity index (χ1) is 17.2. The van der Waals surface area contributed by atoms with E-state index in [1.165, 1.54) is 0 Å². The van der Waals surface area contributed by atoms with Crippen molar-refractivity contribution < 1.29 is 9.59 Å². The maximum atomic E-state index is 13.5. The molecule has 0 unspecified atom stereocenters. The van der Waals surface area contributed by atoms with Gasteiger partial charge in [-0.2, -0.15) is 4.98 Å². The van der Waals surface area contributed by atoms with Gasteiger partial charge in [0.2, 0.25) is 11.9 Å². The first-order valence-electron chi connectivity index (χ1n) is 12.5. The molecular formula is C26H35N7O2. The summed E-state index contributed by atoms with van der Waals surface area (Å²) < 4.78 is 1.88. The van der Waals surface area contributed by atoms with Crippen molar-refractivity contribution in [2.24, 2.45) is 0 Å². The highest BCUT2D eigenvalue weighted by Gasteiger charge is 2.27. The lowest BCUT2D eigenvalue weighted by molar-refractivity contribution is -0.128. The van der Waals surface area contributed by atoms with Gasteiger partial charge in [0.1, 0.15) is 0 Å². The molecule has 0 bridgehead atoms. The number of carbonyl (C=O) groups excluding carboxylic acids is 2. The van der Waals surface area contributed by atoms with Gasteiger partial charge in [0.25, 0.3) is 5.91 Å². The highest BCUT2D eigenvalue weighted by atomic mass is 16.2. The van der Waals surface area contributed by atoms with Gasteiger partial charge in [0, 0.05) is 45.8 Å². The quantitative estimate of drug-likeness (QED) is 0.472. The fraction of sp³-hybridized carbons (Fsp3) is 0.500. The maximum Gasteiger partial charge on any atom is 0.271 e. The van der Waals surface area contributed by atoms with Gasteiger partial charge in [-0.3, -0.25) is 14.2 Å². The minimum absolute atomic E-state index is 0.0320. The Morgan fingerprint density at radius 3 is 2.54 bits per heavy atom. The number of amides is 2. The summed E-state index contributed by atoms with van der Waals surface area (Å²) in [7, 11) is 0. The third-order valence-corrected chi connectivity index (χ3v) is 6.38. The van der Waals surface area contributed by atoms with E-state index in [4.69, 9.17) is 4.98 Å². The lowest BCUT2D eigenvalue weighted by Gasteiger charge is -2.28. The number of hydrogen-bond acceptors (Lipinski definition) is 6. The Balaban J connectivity index is 1.57. The summed E-state index contributed by atoms with van der Waals surface area (Å²) in [6, 6.07) is 10.1. The molecule has 9 nitrogen and oxygen atoms in total. The van der Waals surface area contributed by atoms with Crippen molar-refractivity contribution in [1.82, 2.24) is 25.1 Å². The number of anilines is 2. The molecule has 3 heterocycles. The van der Waals surface area contributed by atoms with Crippen LogP contribution >= 0.6 is 0 Å². The molecule has 1 aromatic heterocycles. The first kappa shape index (κ1) is 24.6. The largest absolute Gasteiger partial charge is 0.359 e. The summed E-state index contributed by atoms with van der Waals surface area (Å²) >= 11 is 0. The van der Waals surface area contributed by atoms with E-state index >= 15 is 0 Å². The minimum Gasteiger partial charge on any atom is -0.359 e. The zero-order valence-corrected chi connectivity index (χ0v) is 20.5. The standard InChI is InChI=1S/C26H35N7O2/c1-2-3-17-33-23(25(35)28-12-11-21-9-5-4-6-10-21)24(29-20-22(34)31-15-7-8-16-31)30-26(33)32-18-13-27-14-19-32/h4-6,9-10,27,29H,7-8,11-20H2,1H3,(H,28,35). The second kappa shape index (κ2) is 12.3. The molecule has 0 spiro atoms. The zero-order valence-electron chi connectivity index (χ0n) is 20.5. The summed E-state index contributed by atoms with van der Waals surface area (Å²) in [5.41, 5.74) is 1.58. The fourth-order valence-electron chi connectivity index (χ4n) is 4.50. The molecule has 2 amide bonds. The molecule has 2 aliphatic rings. The maximum absolute atomic E-state index is 13.5. The second-order valence-electron chi connectivity index (χ2n) is 8.79. The molecule has 35 heavy (non-hydrogen) atoms. The molecule has 0 saturated carbocycles. The van der Waals surface area contributed by atoms with E-state index in [1.807, 2.05) is 39.8 Å². The van der Waals surface area contributed by atoms with E-state index in [2.05, 4.69) is 32.7 Å². The van der Waals surface area contributed by atoms with E-state index < -0.39 is 0 Å². The average Bonchev–Trinajstić information content (AvgIpc) is 3.56. The van der Waals surface area contributed by atoms with E-state index in [1.54, 1.807) is 6.92 Å². The fourth-order valence-corrected chi connectivity index (χ4v) is 4.50. The molecule has 0 aliphatic carbocycles. The van der Waals surface area contributed by atoms with Crippen LogP contribution in [-0.2, 0) is 17.8 Å². The van der Waals surface area contributed by atoms with Gasteiger partial charge in [0.05, 0.1) is 13.1 Å². The summed E-state index contributed by atoms with van der Waals surface area (Å²) in [6.45, 7) is 7.61. The molecule has 0 radical (unpaired) electrons. The van der Waals surface area contributed by atoms with Crippen LogP contribution in [0, 0.1) is 11.8 Å². The van der Waals surface area contributed by atoms with Gasteiger partial charge in [-0.25, -0.2) is 0 Å². The normalized spacial score (nSPS) is 15.5. The Bertz CT molecular complexity index is 1060. The van der Waals surface area contributed by atoms with Gasteiger partial charge in [0.15, 0.2) is 11.5 Å². The van der Waals surface area contributed by atoms with Gasteiger partial charge in [-0.1, -0.05) is 36.3 Å². The van der Waals surface area contributed by atoms with Crippen molar-refractivity contribution in [3.8, 4) is 11.8 Å². The molecule has 1 aromatic carbocycles. The molecule has 2 saturated heterocycles. The summed E-state index contributed by atoms with van der Waals surface area (Å²) in [6.07, 6.45) is 2.81. The smallest absolute Gasteiger partial charge is 0.271 e. The summed E-state index contributed by atoms with van der Waals surface area (Å²) in [4.78, 5) is 35.0. The Morgan fingerprint density at radius 1 is 1.09 bits per heavy atom. The van der Waals surface area contributed by atoms with E-state index in [-0.39, 0.29) is 18.4 Å². The minimum atomic E-state index is -0.219. The van der Waals surface area contributed by atoms with Crippen molar-refractivity contribution >= 4 is 23.6 Å². The van der Waals surface area contributed by atoms with Crippen LogP contribution in [-0.4, -0.2) is 78.6 Å². The Kier molecular flexibility index (Phi) is 8.63. The summed E-state index contributed by atoms with van der Waals surface area (Å²) in [5, 5.41) is 9.58. The van der Waals surface area contributed by atoms with Crippen LogP contribution in [0.15, 0.2) is 30.3 Å². The Labute approximate surface area is 207 Å². The number of imidazole rings is 1.